The van der Waals surface area contributed by atoms with Crippen molar-refractivity contribution < 1.29 is 19.0 Å². The van der Waals surface area contributed by atoms with Crippen LogP contribution in [0.15, 0.2) is 24.3 Å². The zero-order chi connectivity index (χ0) is 18.0. The summed E-state index contributed by atoms with van der Waals surface area (Å²) >= 11 is 0. The Morgan fingerprint density at radius 3 is 2.20 bits per heavy atom. The molecule has 2 aromatic rings. The number of carbonyl (C=O) groups is 1. The Morgan fingerprint density at radius 1 is 1.16 bits per heavy atom. The van der Waals surface area contributed by atoms with Crippen molar-refractivity contribution in [3.05, 3.63) is 52.3 Å². The Kier molecular flexibility index (Phi) is 6.96. The molecule has 3 N–H and O–H groups in total. The Morgan fingerprint density at radius 2 is 1.72 bits per heavy atom. The van der Waals surface area contributed by atoms with Crippen molar-refractivity contribution in [3.8, 4) is 16.9 Å². The first-order valence-corrected chi connectivity index (χ1v) is 7.67. The fourth-order valence-electron chi connectivity index (χ4n) is 3.01. The second-order valence-electron chi connectivity index (χ2n) is 6.04. The van der Waals surface area contributed by atoms with Crippen LogP contribution in [0.4, 0.5) is 4.39 Å². The lowest BCUT2D eigenvalue weighted by molar-refractivity contribution is -0.137. The zero-order valence-electron chi connectivity index (χ0n) is 14.7. The van der Waals surface area contributed by atoms with Crippen LogP contribution in [0.5, 0.6) is 5.75 Å². The maximum Gasteiger partial charge on any atom is 0.305 e. The molecular formula is C19H23ClFNO3. The van der Waals surface area contributed by atoms with Crippen molar-refractivity contribution in [2.24, 2.45) is 5.73 Å². The van der Waals surface area contributed by atoms with Crippen molar-refractivity contribution in [1.29, 1.82) is 0 Å². The van der Waals surface area contributed by atoms with E-state index in [4.69, 9.17) is 15.6 Å². The average Bonchev–Trinajstić information content (AvgIpc) is 2.48. The number of benzene rings is 2. The molecular weight excluding hydrogens is 345 g/mol. The van der Waals surface area contributed by atoms with E-state index in [-0.39, 0.29) is 24.4 Å². The van der Waals surface area contributed by atoms with Gasteiger partial charge in [0.05, 0.1) is 13.5 Å². The van der Waals surface area contributed by atoms with Crippen LogP contribution < -0.4 is 10.5 Å². The number of aryl methyl sites for hydroxylation is 3. The summed E-state index contributed by atoms with van der Waals surface area (Å²) in [5.74, 6) is -0.742. The molecule has 6 heteroatoms. The van der Waals surface area contributed by atoms with E-state index in [2.05, 4.69) is 0 Å². The van der Waals surface area contributed by atoms with Gasteiger partial charge in [-0.05, 0) is 72.9 Å². The number of halogens is 2. The minimum Gasteiger partial charge on any atom is -0.497 e. The number of hydrogen-bond donors (Lipinski definition) is 2. The molecule has 0 unspecified atom stereocenters. The first-order chi connectivity index (χ1) is 11.2. The van der Waals surface area contributed by atoms with Crippen LogP contribution in [0.1, 0.15) is 34.7 Å². The molecule has 1 atom stereocenters. The molecule has 0 radical (unpaired) electrons. The van der Waals surface area contributed by atoms with Gasteiger partial charge in [-0.1, -0.05) is 0 Å². The van der Waals surface area contributed by atoms with Crippen molar-refractivity contribution in [2.75, 3.05) is 7.11 Å². The lowest BCUT2D eigenvalue weighted by Gasteiger charge is -2.17. The van der Waals surface area contributed by atoms with Crippen molar-refractivity contribution in [2.45, 2.75) is 33.2 Å². The number of aliphatic carboxylic acids is 1. The second kappa shape index (κ2) is 8.32. The molecule has 0 aromatic heterocycles. The molecule has 0 bridgehead atoms. The highest BCUT2D eigenvalue weighted by atomic mass is 35.5. The monoisotopic (exact) mass is 367 g/mol. The Labute approximate surface area is 153 Å². The SMILES string of the molecule is COc1cc(C)c(-c2cc(C)c(F)c([C@@H](N)CC(=O)O)c2)c(C)c1.Cl. The summed E-state index contributed by atoms with van der Waals surface area (Å²) in [6.45, 7) is 5.57. The van der Waals surface area contributed by atoms with Crippen LogP contribution in [0.2, 0.25) is 0 Å². The molecule has 2 aromatic carbocycles. The fraction of sp³-hybridized carbons (Fsp3) is 0.316. The highest BCUT2D eigenvalue weighted by Crippen LogP contribution is 2.34. The number of rotatable bonds is 5. The van der Waals surface area contributed by atoms with Crippen LogP contribution >= 0.6 is 12.4 Å². The van der Waals surface area contributed by atoms with Crippen LogP contribution in [-0.4, -0.2) is 18.2 Å². The van der Waals surface area contributed by atoms with Gasteiger partial charge in [0.25, 0.3) is 0 Å². The van der Waals surface area contributed by atoms with Gasteiger partial charge in [-0.3, -0.25) is 4.79 Å². The summed E-state index contributed by atoms with van der Waals surface area (Å²) < 4.78 is 19.7. The van der Waals surface area contributed by atoms with Gasteiger partial charge in [-0.2, -0.15) is 0 Å². The third-order valence-corrected chi connectivity index (χ3v) is 4.11. The standard InChI is InChI=1S/C19H22FNO3.ClH/c1-10-6-14(24-4)7-11(2)18(10)13-5-12(3)19(20)15(8-13)16(21)9-17(22)23;/h5-8,16H,9,21H2,1-4H3,(H,22,23);1H/t16-;/m0./s1. The summed E-state index contributed by atoms with van der Waals surface area (Å²) in [4.78, 5) is 10.9. The van der Waals surface area contributed by atoms with Crippen molar-refractivity contribution in [1.82, 2.24) is 0 Å². The van der Waals surface area contributed by atoms with E-state index in [1.165, 1.54) is 0 Å². The smallest absolute Gasteiger partial charge is 0.305 e. The van der Waals surface area contributed by atoms with Crippen LogP contribution in [-0.2, 0) is 4.79 Å². The van der Waals surface area contributed by atoms with E-state index in [0.717, 1.165) is 28.0 Å². The normalized spacial score (nSPS) is 11.6. The number of carboxylic acids is 1. The van der Waals surface area contributed by atoms with Gasteiger partial charge in [0.15, 0.2) is 0 Å². The summed E-state index contributed by atoms with van der Waals surface area (Å²) in [6, 6.07) is 6.35. The van der Waals surface area contributed by atoms with Gasteiger partial charge < -0.3 is 15.6 Å². The van der Waals surface area contributed by atoms with E-state index < -0.39 is 17.8 Å². The van der Waals surface area contributed by atoms with Crippen LogP contribution in [0.3, 0.4) is 0 Å². The third-order valence-electron chi connectivity index (χ3n) is 4.11. The lowest BCUT2D eigenvalue weighted by atomic mass is 9.90. The summed E-state index contributed by atoms with van der Waals surface area (Å²) in [5.41, 5.74) is 10.3. The van der Waals surface area contributed by atoms with Gasteiger partial charge in [-0.15, -0.1) is 12.4 Å². The quantitative estimate of drug-likeness (QED) is 0.825. The minimum atomic E-state index is -1.05. The minimum absolute atomic E-state index is 0. The molecule has 0 saturated heterocycles. The number of methoxy groups -OCH3 is 1. The Bertz CT molecular complexity index is 769. The Hall–Kier alpha value is -2.11. The predicted molar refractivity (Wildman–Crippen MR) is 99.0 cm³/mol. The van der Waals surface area contributed by atoms with Crippen LogP contribution in [0.25, 0.3) is 11.1 Å². The van der Waals surface area contributed by atoms with E-state index in [1.54, 1.807) is 26.2 Å². The highest BCUT2D eigenvalue weighted by molar-refractivity contribution is 5.85. The van der Waals surface area contributed by atoms with E-state index in [1.807, 2.05) is 26.0 Å². The second-order valence-corrected chi connectivity index (χ2v) is 6.04. The molecule has 0 fully saturated rings. The molecule has 136 valence electrons. The molecule has 0 spiro atoms. The number of ether oxygens (including phenoxy) is 1. The number of nitrogens with two attached hydrogens (primary N) is 1. The molecule has 0 aliphatic carbocycles. The predicted octanol–water partition coefficient (Wildman–Crippen LogP) is 4.32. The highest BCUT2D eigenvalue weighted by Gasteiger charge is 2.19. The summed E-state index contributed by atoms with van der Waals surface area (Å²) in [7, 11) is 1.61. The van der Waals surface area contributed by atoms with Gasteiger partial charge in [0.1, 0.15) is 11.6 Å². The largest absolute Gasteiger partial charge is 0.497 e. The van der Waals surface area contributed by atoms with Crippen molar-refractivity contribution in [3.63, 3.8) is 0 Å². The maximum absolute atomic E-state index is 14.4. The van der Waals surface area contributed by atoms with Crippen molar-refractivity contribution >= 4 is 18.4 Å². The number of carboxylic acid groups (broad SMARTS) is 1. The van der Waals surface area contributed by atoms with E-state index in [9.17, 15) is 9.18 Å². The Balaban J connectivity index is 0.00000312. The van der Waals surface area contributed by atoms with Crippen LogP contribution in [0, 0.1) is 26.6 Å². The van der Waals surface area contributed by atoms with Gasteiger partial charge in [0.2, 0.25) is 0 Å². The van der Waals surface area contributed by atoms with E-state index >= 15 is 0 Å². The number of hydrogen-bond acceptors (Lipinski definition) is 3. The first-order valence-electron chi connectivity index (χ1n) is 7.67. The summed E-state index contributed by atoms with van der Waals surface area (Å²) in [5, 5.41) is 8.92. The molecule has 0 aliphatic rings. The zero-order valence-corrected chi connectivity index (χ0v) is 15.5. The molecule has 25 heavy (non-hydrogen) atoms. The fourth-order valence-corrected chi connectivity index (χ4v) is 3.01. The topological polar surface area (TPSA) is 72.5 Å². The summed E-state index contributed by atoms with van der Waals surface area (Å²) in [6.07, 6.45) is -0.319. The molecule has 0 heterocycles. The molecule has 0 aliphatic heterocycles. The molecule has 0 saturated carbocycles. The first kappa shape index (κ1) is 20.9. The lowest BCUT2D eigenvalue weighted by Crippen LogP contribution is -2.17. The molecule has 2 rings (SSSR count). The third kappa shape index (κ3) is 4.50. The average molecular weight is 368 g/mol. The molecule has 0 amide bonds. The van der Waals surface area contributed by atoms with Gasteiger partial charge in [-0.25, -0.2) is 4.39 Å². The van der Waals surface area contributed by atoms with E-state index in [0.29, 0.717) is 5.56 Å². The molecule has 4 nitrogen and oxygen atoms in total. The van der Waals surface area contributed by atoms with Gasteiger partial charge in [0, 0.05) is 11.6 Å². The maximum atomic E-state index is 14.4. The van der Waals surface area contributed by atoms with Gasteiger partial charge >= 0.3 is 5.97 Å².